The molecule has 5 heteroatoms. The minimum absolute atomic E-state index is 0.0377. The number of carboxylic acid groups (broad SMARTS) is 1. The fraction of sp³-hybridized carbons (Fsp3) is 0.759. The van der Waals surface area contributed by atoms with Crippen LogP contribution in [0.5, 0.6) is 0 Å². The molecule has 2 aliphatic rings. The van der Waals surface area contributed by atoms with Gasteiger partial charge in [0, 0.05) is 31.0 Å². The molecule has 3 rings (SSSR count). The summed E-state index contributed by atoms with van der Waals surface area (Å²) in [4.78, 5) is 14.4. The van der Waals surface area contributed by atoms with Crippen molar-refractivity contribution in [1.82, 2.24) is 4.90 Å². The van der Waals surface area contributed by atoms with Crippen molar-refractivity contribution in [3.05, 3.63) is 34.9 Å². The summed E-state index contributed by atoms with van der Waals surface area (Å²) in [6, 6.07) is 2.82. The fourth-order valence-corrected chi connectivity index (χ4v) is 6.30. The zero-order chi connectivity index (χ0) is 24.9. The van der Waals surface area contributed by atoms with Crippen LogP contribution in [0.3, 0.4) is 0 Å². The summed E-state index contributed by atoms with van der Waals surface area (Å²) < 4.78 is 29.7. The molecule has 2 aliphatic carbocycles. The lowest BCUT2D eigenvalue weighted by Crippen LogP contribution is -2.48. The van der Waals surface area contributed by atoms with Gasteiger partial charge in [0.25, 0.3) is 0 Å². The van der Waals surface area contributed by atoms with Gasteiger partial charge in [-0.3, -0.25) is 9.69 Å². The van der Waals surface area contributed by atoms with Gasteiger partial charge in [-0.2, -0.15) is 0 Å². The van der Waals surface area contributed by atoms with Crippen LogP contribution < -0.4 is 0 Å². The van der Waals surface area contributed by atoms with Gasteiger partial charge >= 0.3 is 5.97 Å². The van der Waals surface area contributed by atoms with Gasteiger partial charge in [-0.05, 0) is 79.5 Å². The van der Waals surface area contributed by atoms with Crippen molar-refractivity contribution in [2.75, 3.05) is 13.1 Å². The molecule has 0 aromatic heterocycles. The van der Waals surface area contributed by atoms with E-state index < -0.39 is 17.6 Å². The molecule has 34 heavy (non-hydrogen) atoms. The summed E-state index contributed by atoms with van der Waals surface area (Å²) in [5, 5.41) is 9.67. The molecule has 2 fully saturated rings. The van der Waals surface area contributed by atoms with Crippen LogP contribution >= 0.6 is 0 Å². The van der Waals surface area contributed by atoms with E-state index in [-0.39, 0.29) is 29.7 Å². The smallest absolute Gasteiger partial charge is 0.303 e. The molecule has 3 nitrogen and oxygen atoms in total. The Labute approximate surface area is 205 Å². The van der Waals surface area contributed by atoms with Gasteiger partial charge in [0.15, 0.2) is 0 Å². The van der Waals surface area contributed by atoms with E-state index in [0.717, 1.165) is 44.8 Å². The van der Waals surface area contributed by atoms with Crippen molar-refractivity contribution in [2.24, 2.45) is 17.3 Å². The number of hydrogen-bond acceptors (Lipinski definition) is 2. The number of aryl methyl sites for hydroxylation is 1. The van der Waals surface area contributed by atoms with Crippen LogP contribution in [0.1, 0.15) is 109 Å². The third-order valence-electron chi connectivity index (χ3n) is 8.18. The first-order chi connectivity index (χ1) is 16.1. The minimum Gasteiger partial charge on any atom is -0.481 e. The number of carboxylic acids is 1. The van der Waals surface area contributed by atoms with Gasteiger partial charge in [-0.25, -0.2) is 8.78 Å². The molecule has 2 saturated carbocycles. The molecule has 0 heterocycles. The molecule has 192 valence electrons. The van der Waals surface area contributed by atoms with Crippen molar-refractivity contribution in [1.29, 1.82) is 0 Å². The number of carbonyl (C=O) groups is 1. The quantitative estimate of drug-likeness (QED) is 0.399. The third-order valence-corrected chi connectivity index (χ3v) is 8.18. The number of halogens is 2. The summed E-state index contributed by atoms with van der Waals surface area (Å²) in [5.41, 5.74) is 1.23. The van der Waals surface area contributed by atoms with Crippen molar-refractivity contribution in [3.8, 4) is 0 Å². The van der Waals surface area contributed by atoms with Crippen LogP contribution in [0.25, 0.3) is 0 Å². The summed E-state index contributed by atoms with van der Waals surface area (Å²) in [7, 11) is 0. The maximum absolute atomic E-state index is 15.3. The topological polar surface area (TPSA) is 40.5 Å². The second-order valence-electron chi connectivity index (χ2n) is 12.0. The number of rotatable bonds is 9. The zero-order valence-corrected chi connectivity index (χ0v) is 21.7. The first kappa shape index (κ1) is 27.1. The molecular formula is C29H45F2NO2. The molecule has 0 bridgehead atoms. The van der Waals surface area contributed by atoms with E-state index in [1.54, 1.807) is 6.07 Å². The van der Waals surface area contributed by atoms with Gasteiger partial charge in [0.1, 0.15) is 11.6 Å². The van der Waals surface area contributed by atoms with Crippen LogP contribution in [0.15, 0.2) is 12.1 Å². The lowest BCUT2D eigenvalue weighted by atomic mass is 9.69. The lowest BCUT2D eigenvalue weighted by Gasteiger charge is -2.46. The van der Waals surface area contributed by atoms with Crippen molar-refractivity contribution >= 4 is 5.97 Å². The Bertz CT molecular complexity index is 813. The molecule has 0 spiro atoms. The Morgan fingerprint density at radius 2 is 1.74 bits per heavy atom. The van der Waals surface area contributed by atoms with Gasteiger partial charge in [0.05, 0.1) is 0 Å². The van der Waals surface area contributed by atoms with E-state index in [1.165, 1.54) is 32.1 Å². The highest BCUT2D eigenvalue weighted by Crippen LogP contribution is 2.44. The predicted molar refractivity (Wildman–Crippen MR) is 134 cm³/mol. The van der Waals surface area contributed by atoms with Crippen LogP contribution in [-0.4, -0.2) is 35.1 Å². The largest absolute Gasteiger partial charge is 0.481 e. The first-order valence-corrected chi connectivity index (χ1v) is 13.5. The van der Waals surface area contributed by atoms with E-state index in [2.05, 4.69) is 25.7 Å². The average Bonchev–Trinajstić information content (AvgIpc) is 2.77. The highest BCUT2D eigenvalue weighted by Gasteiger charge is 2.41. The van der Waals surface area contributed by atoms with Gasteiger partial charge in [-0.1, -0.05) is 53.4 Å². The highest BCUT2D eigenvalue weighted by molar-refractivity contribution is 5.67. The molecule has 1 aromatic rings. The van der Waals surface area contributed by atoms with E-state index in [9.17, 15) is 14.3 Å². The molecule has 1 aromatic carbocycles. The number of hydrogen-bond donors (Lipinski definition) is 1. The molecule has 0 aliphatic heterocycles. The van der Waals surface area contributed by atoms with Gasteiger partial charge in [-0.15, -0.1) is 0 Å². The standard InChI is InChI=1S/C29H45F2NO2/c1-5-21-16-23(25(31)18-24(21)30)28-22(17-27(33)34)12-9-13-26(28)32(15-14-29(2,3)4)19-20-10-7-6-8-11-20/h16,18,20,22,26,28H,5-15,17,19H2,1-4H3,(H,33,34). The minimum atomic E-state index is -0.831. The van der Waals surface area contributed by atoms with Crippen molar-refractivity contribution in [3.63, 3.8) is 0 Å². The monoisotopic (exact) mass is 477 g/mol. The van der Waals surface area contributed by atoms with Crippen LogP contribution in [-0.2, 0) is 11.2 Å². The van der Waals surface area contributed by atoms with Crippen LogP contribution in [0, 0.1) is 28.9 Å². The number of nitrogens with zero attached hydrogens (tertiary/aromatic N) is 1. The summed E-state index contributed by atoms with van der Waals surface area (Å²) in [6.45, 7) is 10.6. The van der Waals surface area contributed by atoms with Crippen molar-refractivity contribution < 1.29 is 18.7 Å². The highest BCUT2D eigenvalue weighted by atomic mass is 19.1. The molecule has 0 radical (unpaired) electrons. The van der Waals surface area contributed by atoms with Gasteiger partial charge < -0.3 is 5.11 Å². The third kappa shape index (κ3) is 7.26. The summed E-state index contributed by atoms with van der Waals surface area (Å²) >= 11 is 0. The Balaban J connectivity index is 2.00. The van der Waals surface area contributed by atoms with Crippen LogP contribution in [0.2, 0.25) is 0 Å². The molecular weight excluding hydrogens is 432 g/mol. The van der Waals surface area contributed by atoms with E-state index in [1.807, 2.05) is 6.92 Å². The van der Waals surface area contributed by atoms with E-state index in [4.69, 9.17) is 0 Å². The second-order valence-corrected chi connectivity index (χ2v) is 12.0. The van der Waals surface area contributed by atoms with E-state index >= 15 is 4.39 Å². The number of benzene rings is 1. The Kier molecular flexibility index (Phi) is 9.54. The van der Waals surface area contributed by atoms with Crippen molar-refractivity contribution in [2.45, 2.75) is 110 Å². The number of aliphatic carboxylic acids is 1. The second kappa shape index (κ2) is 12.0. The fourth-order valence-electron chi connectivity index (χ4n) is 6.30. The lowest BCUT2D eigenvalue weighted by molar-refractivity contribution is -0.138. The molecule has 1 N–H and O–H groups in total. The molecule has 3 unspecified atom stereocenters. The SMILES string of the molecule is CCc1cc(C2C(CC(=O)O)CCCC2N(CCC(C)(C)C)CC2CCCCC2)c(F)cc1F. The molecule has 3 atom stereocenters. The Morgan fingerprint density at radius 3 is 2.35 bits per heavy atom. The van der Waals surface area contributed by atoms with Crippen LogP contribution in [0.4, 0.5) is 8.78 Å². The first-order valence-electron chi connectivity index (χ1n) is 13.5. The van der Waals surface area contributed by atoms with Gasteiger partial charge in [0.2, 0.25) is 0 Å². The Hall–Kier alpha value is -1.49. The molecule has 0 amide bonds. The zero-order valence-electron chi connectivity index (χ0n) is 21.7. The molecule has 0 saturated heterocycles. The summed E-state index contributed by atoms with van der Waals surface area (Å²) in [5.74, 6) is -1.56. The average molecular weight is 478 g/mol. The Morgan fingerprint density at radius 1 is 1.03 bits per heavy atom. The summed E-state index contributed by atoms with van der Waals surface area (Å²) in [6.07, 6.45) is 10.6. The van der Waals surface area contributed by atoms with E-state index in [0.29, 0.717) is 23.5 Å². The maximum atomic E-state index is 15.3. The predicted octanol–water partition coefficient (Wildman–Crippen LogP) is 7.57. The maximum Gasteiger partial charge on any atom is 0.303 e. The normalized spacial score (nSPS) is 24.5.